The Hall–Kier alpha value is -0.0600. The van der Waals surface area contributed by atoms with Crippen molar-refractivity contribution in [3.63, 3.8) is 0 Å². The van der Waals surface area contributed by atoms with Crippen LogP contribution in [0.3, 0.4) is 0 Å². The molecule has 0 aliphatic carbocycles. The molecule has 0 amide bonds. The van der Waals surface area contributed by atoms with Crippen molar-refractivity contribution in [2.75, 3.05) is 0 Å². The van der Waals surface area contributed by atoms with E-state index in [1.807, 2.05) is 22.6 Å². The van der Waals surface area contributed by atoms with Crippen LogP contribution in [0.1, 0.15) is 26.5 Å². The van der Waals surface area contributed by atoms with Crippen molar-refractivity contribution in [1.82, 2.24) is 4.98 Å². The van der Waals surface area contributed by atoms with E-state index in [1.54, 1.807) is 0 Å². The first-order valence-corrected chi connectivity index (χ1v) is 4.53. The first-order chi connectivity index (χ1) is 4.93. The van der Waals surface area contributed by atoms with Crippen molar-refractivity contribution in [2.24, 2.45) is 0 Å². The van der Waals surface area contributed by atoms with Crippen LogP contribution in [0.25, 0.3) is 0 Å². The van der Waals surface area contributed by atoms with Crippen molar-refractivity contribution in [3.05, 3.63) is 21.3 Å². The number of halogens is 2. The predicted octanol–water partition coefficient (Wildman–Crippen LogP) is 3.06. The molecule has 0 unspecified atom stereocenters. The Labute approximate surface area is 79.5 Å². The summed E-state index contributed by atoms with van der Waals surface area (Å²) in [6.45, 7) is 6.17. The molecule has 1 heterocycles. The Bertz CT molecular complexity index is 260. The molecule has 0 saturated carbocycles. The third-order valence-electron chi connectivity index (χ3n) is 1.52. The maximum atomic E-state index is 12.8. The van der Waals surface area contributed by atoms with Crippen molar-refractivity contribution < 1.29 is 4.39 Å². The number of aromatic nitrogens is 1. The Balaban J connectivity index is 3.15. The lowest BCUT2D eigenvalue weighted by atomic mass is 9.93. The van der Waals surface area contributed by atoms with E-state index in [0.717, 1.165) is 5.69 Å². The van der Waals surface area contributed by atoms with E-state index in [9.17, 15) is 4.39 Å². The lowest BCUT2D eigenvalue weighted by Crippen LogP contribution is -2.13. The quantitative estimate of drug-likeness (QED) is 0.695. The van der Waals surface area contributed by atoms with E-state index >= 15 is 0 Å². The molecule has 0 aromatic carbocycles. The molecule has 0 spiro atoms. The summed E-state index contributed by atoms with van der Waals surface area (Å²) in [5.41, 5.74) is 0.969. The van der Waals surface area contributed by atoms with Crippen LogP contribution in [0, 0.1) is 9.39 Å². The van der Waals surface area contributed by atoms with Gasteiger partial charge in [0.25, 0.3) is 0 Å². The van der Waals surface area contributed by atoms with E-state index in [4.69, 9.17) is 0 Å². The Morgan fingerprint density at radius 2 is 2.00 bits per heavy atom. The second-order valence-electron chi connectivity index (χ2n) is 3.58. The van der Waals surface area contributed by atoms with Gasteiger partial charge in [-0.15, -0.1) is 0 Å². The van der Waals surface area contributed by atoms with E-state index < -0.39 is 0 Å². The summed E-state index contributed by atoms with van der Waals surface area (Å²) in [6, 6.07) is 0. The molecular weight excluding hydrogens is 256 g/mol. The maximum Gasteiger partial charge on any atom is 0.154 e. The Morgan fingerprint density at radius 1 is 1.45 bits per heavy atom. The van der Waals surface area contributed by atoms with Gasteiger partial charge in [-0.2, -0.15) is 0 Å². The zero-order chi connectivity index (χ0) is 8.65. The lowest BCUT2D eigenvalue weighted by Gasteiger charge is -2.16. The summed E-state index contributed by atoms with van der Waals surface area (Å²) in [7, 11) is 0. The molecule has 1 nitrogen and oxygen atoms in total. The molecule has 1 aromatic heterocycles. The van der Waals surface area contributed by atoms with Crippen LogP contribution >= 0.6 is 22.6 Å². The number of hydrogen-bond donors (Lipinski definition) is 1. The van der Waals surface area contributed by atoms with E-state index in [1.165, 1.54) is 6.20 Å². The standard InChI is InChI=1S/C8H11FIN/c1-8(2,3)7-6(10)5(9)4-11-7/h4,11H,1-3H3. The monoisotopic (exact) mass is 267 g/mol. The highest BCUT2D eigenvalue weighted by Crippen LogP contribution is 2.27. The fourth-order valence-electron chi connectivity index (χ4n) is 0.927. The molecule has 0 atom stereocenters. The van der Waals surface area contributed by atoms with Gasteiger partial charge in [-0.3, -0.25) is 0 Å². The molecule has 11 heavy (non-hydrogen) atoms. The van der Waals surface area contributed by atoms with Gasteiger partial charge < -0.3 is 4.98 Å². The fourth-order valence-corrected chi connectivity index (χ4v) is 2.05. The van der Waals surface area contributed by atoms with Gasteiger partial charge in [-0.05, 0) is 22.6 Å². The van der Waals surface area contributed by atoms with Crippen LogP contribution in [0.15, 0.2) is 6.20 Å². The van der Waals surface area contributed by atoms with Crippen LogP contribution in [0.2, 0.25) is 0 Å². The summed E-state index contributed by atoms with van der Waals surface area (Å²) >= 11 is 2.02. The summed E-state index contributed by atoms with van der Waals surface area (Å²) in [5.74, 6) is -0.157. The minimum atomic E-state index is -0.157. The molecule has 0 saturated heterocycles. The van der Waals surface area contributed by atoms with E-state index in [0.29, 0.717) is 3.57 Å². The normalized spacial score (nSPS) is 12.1. The van der Waals surface area contributed by atoms with Crippen molar-refractivity contribution in [3.8, 4) is 0 Å². The summed E-state index contributed by atoms with van der Waals surface area (Å²) in [4.78, 5) is 2.93. The topological polar surface area (TPSA) is 15.8 Å². The molecule has 62 valence electrons. The first kappa shape index (κ1) is 9.03. The molecule has 0 aliphatic heterocycles. The smallest absolute Gasteiger partial charge is 0.154 e. The molecule has 1 N–H and O–H groups in total. The number of nitrogens with one attached hydrogen (secondary N) is 1. The van der Waals surface area contributed by atoms with Gasteiger partial charge in [-0.25, -0.2) is 4.39 Å². The second kappa shape index (κ2) is 2.77. The minimum absolute atomic E-state index is 0.000856. The maximum absolute atomic E-state index is 12.8. The molecule has 0 radical (unpaired) electrons. The first-order valence-electron chi connectivity index (χ1n) is 3.46. The minimum Gasteiger partial charge on any atom is -0.361 e. The van der Waals surface area contributed by atoms with Gasteiger partial charge in [0, 0.05) is 17.3 Å². The summed E-state index contributed by atoms with van der Waals surface area (Å²) < 4.78 is 13.5. The molecular formula is C8H11FIN. The largest absolute Gasteiger partial charge is 0.361 e. The van der Waals surface area contributed by atoms with Gasteiger partial charge in [0.05, 0.1) is 3.57 Å². The lowest BCUT2D eigenvalue weighted by molar-refractivity contribution is 0.564. The summed E-state index contributed by atoms with van der Waals surface area (Å²) in [5, 5.41) is 0. The highest BCUT2D eigenvalue weighted by Gasteiger charge is 2.20. The Kier molecular flexibility index (Phi) is 2.27. The van der Waals surface area contributed by atoms with Crippen molar-refractivity contribution in [2.45, 2.75) is 26.2 Å². The summed E-state index contributed by atoms with van der Waals surface area (Å²) in [6.07, 6.45) is 1.41. The third-order valence-corrected chi connectivity index (χ3v) is 2.58. The van der Waals surface area contributed by atoms with Crippen LogP contribution in [-0.2, 0) is 5.41 Å². The van der Waals surface area contributed by atoms with E-state index in [-0.39, 0.29) is 11.2 Å². The number of aromatic amines is 1. The van der Waals surface area contributed by atoms with Crippen molar-refractivity contribution >= 4 is 22.6 Å². The average Bonchev–Trinajstić information content (AvgIpc) is 2.11. The van der Waals surface area contributed by atoms with Gasteiger partial charge in [0.15, 0.2) is 5.82 Å². The molecule has 0 fully saturated rings. The van der Waals surface area contributed by atoms with E-state index in [2.05, 4.69) is 25.8 Å². The zero-order valence-corrected chi connectivity index (χ0v) is 8.99. The van der Waals surface area contributed by atoms with Gasteiger partial charge >= 0.3 is 0 Å². The van der Waals surface area contributed by atoms with Crippen LogP contribution in [0.4, 0.5) is 4.39 Å². The SMILES string of the molecule is CC(C)(C)c1[nH]cc(F)c1I. The van der Waals surface area contributed by atoms with Gasteiger partial charge in [0.1, 0.15) is 0 Å². The van der Waals surface area contributed by atoms with Gasteiger partial charge in [0.2, 0.25) is 0 Å². The number of hydrogen-bond acceptors (Lipinski definition) is 0. The number of H-pyrrole nitrogens is 1. The molecule has 0 bridgehead atoms. The van der Waals surface area contributed by atoms with Crippen LogP contribution in [0.5, 0.6) is 0 Å². The average molecular weight is 267 g/mol. The van der Waals surface area contributed by atoms with Crippen molar-refractivity contribution in [1.29, 1.82) is 0 Å². The van der Waals surface area contributed by atoms with Crippen LogP contribution < -0.4 is 0 Å². The Morgan fingerprint density at radius 3 is 2.18 bits per heavy atom. The van der Waals surface area contributed by atoms with Crippen LogP contribution in [-0.4, -0.2) is 4.98 Å². The predicted molar refractivity (Wildman–Crippen MR) is 52.2 cm³/mol. The zero-order valence-electron chi connectivity index (χ0n) is 6.83. The number of rotatable bonds is 0. The van der Waals surface area contributed by atoms with Gasteiger partial charge in [-0.1, -0.05) is 20.8 Å². The highest BCUT2D eigenvalue weighted by atomic mass is 127. The molecule has 3 heteroatoms. The molecule has 1 rings (SSSR count). The second-order valence-corrected chi connectivity index (χ2v) is 4.65. The molecule has 1 aromatic rings. The third kappa shape index (κ3) is 1.75. The fraction of sp³-hybridized carbons (Fsp3) is 0.500. The molecule has 0 aliphatic rings. The highest BCUT2D eigenvalue weighted by molar-refractivity contribution is 14.1.